The van der Waals surface area contributed by atoms with Gasteiger partial charge in [-0.2, -0.15) is 0 Å². The van der Waals surface area contributed by atoms with Crippen molar-refractivity contribution in [2.75, 3.05) is 0 Å². The molecule has 0 aromatic carbocycles. The van der Waals surface area contributed by atoms with Crippen LogP contribution in [0.2, 0.25) is 0 Å². The maximum absolute atomic E-state index is 12.2. The van der Waals surface area contributed by atoms with Gasteiger partial charge < -0.3 is 25.6 Å². The lowest BCUT2D eigenvalue weighted by Crippen LogP contribution is -2.51. The Hall–Kier alpha value is -2.65. The number of carboxylic acid groups (broad SMARTS) is 2. The molecular formula is C16H26N2O8. The highest BCUT2D eigenvalue weighted by atomic mass is 16.6. The van der Waals surface area contributed by atoms with Gasteiger partial charge in [-0.3, -0.25) is 19.2 Å². The van der Waals surface area contributed by atoms with Gasteiger partial charge in [0.1, 0.15) is 17.7 Å². The van der Waals surface area contributed by atoms with E-state index in [1.54, 1.807) is 20.8 Å². The fourth-order valence-corrected chi connectivity index (χ4v) is 1.97. The first-order valence-electron chi connectivity index (χ1n) is 8.05. The molecular weight excluding hydrogens is 348 g/mol. The molecule has 10 nitrogen and oxygen atoms in total. The first-order valence-corrected chi connectivity index (χ1v) is 8.05. The molecule has 0 aliphatic heterocycles. The second-order valence-corrected chi connectivity index (χ2v) is 6.71. The Morgan fingerprint density at radius 1 is 0.923 bits per heavy atom. The fourth-order valence-electron chi connectivity index (χ4n) is 1.97. The molecule has 0 spiro atoms. The Bertz CT molecular complexity index is 553. The number of carbonyl (C=O) groups excluding carboxylic acids is 3. The molecule has 0 aliphatic rings. The Balaban J connectivity index is 4.90. The number of carboxylic acids is 2. The average Bonchev–Trinajstić information content (AvgIpc) is 2.44. The molecule has 0 saturated carbocycles. The molecule has 26 heavy (non-hydrogen) atoms. The van der Waals surface area contributed by atoms with Crippen LogP contribution < -0.4 is 10.6 Å². The normalized spacial score (nSPS) is 13.2. The summed E-state index contributed by atoms with van der Waals surface area (Å²) < 4.78 is 5.11. The predicted octanol–water partition coefficient (Wildman–Crippen LogP) is 0.0472. The van der Waals surface area contributed by atoms with E-state index in [2.05, 4.69) is 10.6 Å². The number of ether oxygens (including phenoxy) is 1. The Morgan fingerprint density at radius 2 is 1.46 bits per heavy atom. The van der Waals surface area contributed by atoms with Crippen molar-refractivity contribution >= 4 is 29.7 Å². The number of aliphatic carboxylic acids is 2. The van der Waals surface area contributed by atoms with E-state index in [0.717, 1.165) is 0 Å². The van der Waals surface area contributed by atoms with Crippen molar-refractivity contribution in [3.63, 3.8) is 0 Å². The minimum atomic E-state index is -1.42. The largest absolute Gasteiger partial charge is 0.481 e. The second-order valence-electron chi connectivity index (χ2n) is 6.71. The number of amides is 2. The van der Waals surface area contributed by atoms with Crippen LogP contribution in [-0.4, -0.2) is 57.6 Å². The van der Waals surface area contributed by atoms with Gasteiger partial charge in [-0.05, 0) is 33.6 Å². The number of hydrogen-bond acceptors (Lipinski definition) is 6. The van der Waals surface area contributed by atoms with Gasteiger partial charge in [-0.25, -0.2) is 4.79 Å². The van der Waals surface area contributed by atoms with Crippen molar-refractivity contribution in [2.24, 2.45) is 0 Å². The first kappa shape index (κ1) is 23.4. The van der Waals surface area contributed by atoms with Crippen molar-refractivity contribution < 1.29 is 38.9 Å². The molecule has 0 radical (unpaired) electrons. The summed E-state index contributed by atoms with van der Waals surface area (Å²) in [5.74, 6) is -4.52. The standard InChI is InChI=1S/C16H26N2O8/c1-9(19)17-10(6-8-13(22)26-16(2,3)4)14(23)18-11(15(24)25)5-7-12(20)21/h10-11H,5-8H2,1-4H3,(H,17,19)(H,18,23)(H,20,21)(H,24,25)/t10-,11-/m0/s1. The van der Waals surface area contributed by atoms with E-state index in [0.29, 0.717) is 0 Å². The van der Waals surface area contributed by atoms with Crippen LogP contribution in [0.4, 0.5) is 0 Å². The van der Waals surface area contributed by atoms with Gasteiger partial charge in [0.15, 0.2) is 0 Å². The minimum absolute atomic E-state index is 0.0917. The molecule has 0 unspecified atom stereocenters. The zero-order chi connectivity index (χ0) is 20.5. The van der Waals surface area contributed by atoms with Gasteiger partial charge in [0.2, 0.25) is 11.8 Å². The zero-order valence-electron chi connectivity index (χ0n) is 15.3. The quantitative estimate of drug-likeness (QED) is 0.390. The van der Waals surface area contributed by atoms with Crippen molar-refractivity contribution in [2.45, 2.75) is 71.1 Å². The number of nitrogens with one attached hydrogen (secondary N) is 2. The van der Waals surface area contributed by atoms with Crippen molar-refractivity contribution in [1.29, 1.82) is 0 Å². The van der Waals surface area contributed by atoms with Crippen LogP contribution >= 0.6 is 0 Å². The molecule has 0 heterocycles. The van der Waals surface area contributed by atoms with Gasteiger partial charge in [0, 0.05) is 19.8 Å². The Labute approximate surface area is 151 Å². The highest BCUT2D eigenvalue weighted by Gasteiger charge is 2.27. The summed E-state index contributed by atoms with van der Waals surface area (Å²) in [6, 6.07) is -2.57. The third-order valence-electron chi connectivity index (χ3n) is 3.01. The van der Waals surface area contributed by atoms with Crippen molar-refractivity contribution in [3.8, 4) is 0 Å². The van der Waals surface area contributed by atoms with E-state index < -0.39 is 53.8 Å². The molecule has 0 fully saturated rings. The SMILES string of the molecule is CC(=O)N[C@@H](CCC(=O)OC(C)(C)C)C(=O)N[C@@H](CCC(=O)O)C(=O)O. The summed E-state index contributed by atoms with van der Waals surface area (Å²) in [7, 11) is 0. The molecule has 0 bridgehead atoms. The molecule has 0 saturated heterocycles. The summed E-state index contributed by atoms with van der Waals surface area (Å²) in [6.45, 7) is 6.22. The highest BCUT2D eigenvalue weighted by molar-refractivity contribution is 5.90. The van der Waals surface area contributed by atoms with Gasteiger partial charge in [-0.1, -0.05) is 0 Å². The average molecular weight is 374 g/mol. The lowest BCUT2D eigenvalue weighted by atomic mass is 10.1. The third-order valence-corrected chi connectivity index (χ3v) is 3.01. The minimum Gasteiger partial charge on any atom is -0.481 e. The Kier molecular flexibility index (Phi) is 9.31. The van der Waals surface area contributed by atoms with Crippen molar-refractivity contribution in [3.05, 3.63) is 0 Å². The van der Waals surface area contributed by atoms with E-state index >= 15 is 0 Å². The van der Waals surface area contributed by atoms with Crippen LogP contribution in [0.25, 0.3) is 0 Å². The summed E-state index contributed by atoms with van der Waals surface area (Å²) in [5, 5.41) is 22.2. The van der Waals surface area contributed by atoms with Crippen molar-refractivity contribution in [1.82, 2.24) is 10.6 Å². The molecule has 2 atom stereocenters. The molecule has 148 valence electrons. The molecule has 0 rings (SSSR count). The van der Waals surface area contributed by atoms with E-state index in [1.165, 1.54) is 6.92 Å². The lowest BCUT2D eigenvalue weighted by molar-refractivity contribution is -0.155. The number of esters is 1. The van der Waals surface area contributed by atoms with Gasteiger partial charge in [0.05, 0.1) is 0 Å². The van der Waals surface area contributed by atoms with Gasteiger partial charge >= 0.3 is 17.9 Å². The summed E-state index contributed by atoms with van der Waals surface area (Å²) in [4.78, 5) is 57.0. The summed E-state index contributed by atoms with van der Waals surface area (Å²) in [5.41, 5.74) is -0.700. The maximum atomic E-state index is 12.2. The van der Waals surface area contributed by atoms with Crippen LogP contribution in [0.15, 0.2) is 0 Å². The zero-order valence-corrected chi connectivity index (χ0v) is 15.3. The van der Waals surface area contributed by atoms with Crippen LogP contribution in [0.1, 0.15) is 53.4 Å². The number of rotatable bonds is 10. The summed E-state index contributed by atoms with van der Waals surface area (Å²) in [6.07, 6.45) is -1.01. The summed E-state index contributed by atoms with van der Waals surface area (Å²) >= 11 is 0. The van der Waals surface area contributed by atoms with E-state index in [9.17, 15) is 24.0 Å². The first-order chi connectivity index (χ1) is 11.8. The van der Waals surface area contributed by atoms with Gasteiger partial charge in [0.25, 0.3) is 0 Å². The van der Waals surface area contributed by atoms with Gasteiger partial charge in [-0.15, -0.1) is 0 Å². The monoisotopic (exact) mass is 374 g/mol. The maximum Gasteiger partial charge on any atom is 0.326 e. The number of carbonyl (C=O) groups is 5. The van der Waals surface area contributed by atoms with E-state index in [1.807, 2.05) is 0 Å². The lowest BCUT2D eigenvalue weighted by Gasteiger charge is -2.22. The molecule has 0 aromatic heterocycles. The van der Waals surface area contributed by atoms with Crippen LogP contribution in [0.3, 0.4) is 0 Å². The molecule has 0 aromatic rings. The van der Waals surface area contributed by atoms with E-state index in [-0.39, 0.29) is 19.3 Å². The molecule has 0 aliphatic carbocycles. The Morgan fingerprint density at radius 3 is 1.88 bits per heavy atom. The van der Waals surface area contributed by atoms with Crippen LogP contribution in [0, 0.1) is 0 Å². The molecule has 4 N–H and O–H groups in total. The fraction of sp³-hybridized carbons (Fsp3) is 0.688. The second kappa shape index (κ2) is 10.4. The third kappa shape index (κ3) is 11.0. The number of hydrogen-bond donors (Lipinski definition) is 4. The topological polar surface area (TPSA) is 159 Å². The molecule has 10 heteroatoms. The van der Waals surface area contributed by atoms with Crippen LogP contribution in [0.5, 0.6) is 0 Å². The van der Waals surface area contributed by atoms with E-state index in [4.69, 9.17) is 14.9 Å². The molecule has 2 amide bonds. The predicted molar refractivity (Wildman–Crippen MR) is 89.1 cm³/mol. The smallest absolute Gasteiger partial charge is 0.326 e. The van der Waals surface area contributed by atoms with Crippen LogP contribution in [-0.2, 0) is 28.7 Å². The highest BCUT2D eigenvalue weighted by Crippen LogP contribution is 2.10.